The Kier molecular flexibility index (Phi) is 32.6. The second kappa shape index (κ2) is 26.8. The predicted octanol–water partition coefficient (Wildman–Crippen LogP) is 5.09. The van der Waals surface area contributed by atoms with Crippen molar-refractivity contribution in [3.63, 3.8) is 0 Å². The normalized spacial score (nSPS) is 9.85. The van der Waals surface area contributed by atoms with Crippen molar-refractivity contribution < 1.29 is 0 Å². The number of hydrazine groups is 1. The maximum Gasteiger partial charge on any atom is 0.0415 e. The average molecular weight is 288 g/mol. The van der Waals surface area contributed by atoms with E-state index in [1.807, 2.05) is 33.9 Å². The lowest BCUT2D eigenvalue weighted by molar-refractivity contribution is 0.633. The Hall–Kier alpha value is -0.700. The molecule has 0 bridgehead atoms. The number of nitrogens with two attached hydrogens (primary N) is 1. The van der Waals surface area contributed by atoms with Crippen LogP contribution in [0.25, 0.3) is 0 Å². The molecule has 0 amide bonds. The zero-order valence-corrected chi connectivity index (χ0v) is 15.0. The number of hydrogen-bond acceptors (Lipinski definition) is 3. The Labute approximate surface area is 128 Å². The number of nitrogens with one attached hydrogen (secondary N) is 2. The van der Waals surface area contributed by atoms with Crippen LogP contribution in [0.2, 0.25) is 0 Å². The van der Waals surface area contributed by atoms with Crippen LogP contribution in [0.1, 0.15) is 92.9 Å². The minimum Gasteiger partial charge on any atom is -0.389 e. The number of allylic oxidation sites excluding steroid dienone is 1. The molecule has 0 rings (SSSR count). The van der Waals surface area contributed by atoms with Gasteiger partial charge in [0.25, 0.3) is 0 Å². The van der Waals surface area contributed by atoms with E-state index >= 15 is 0 Å². The molecular formula is C17H41N3. The van der Waals surface area contributed by atoms with Crippen LogP contribution in [0, 0.1) is 0 Å². The van der Waals surface area contributed by atoms with Crippen molar-refractivity contribution in [2.45, 2.75) is 92.9 Å². The lowest BCUT2D eigenvalue weighted by Crippen LogP contribution is -2.23. The van der Waals surface area contributed by atoms with Crippen LogP contribution in [0.4, 0.5) is 0 Å². The molecule has 0 aromatic rings. The Morgan fingerprint density at radius 2 is 1.40 bits per heavy atom. The minimum atomic E-state index is 1.05. The third kappa shape index (κ3) is 22.5. The summed E-state index contributed by atoms with van der Waals surface area (Å²) in [5.74, 6) is 5.46. The van der Waals surface area contributed by atoms with Gasteiger partial charge in [0.05, 0.1) is 0 Å². The summed E-state index contributed by atoms with van der Waals surface area (Å²) >= 11 is 0. The first-order valence-electron chi connectivity index (χ1n) is 8.74. The quantitative estimate of drug-likeness (QED) is 0.282. The highest BCUT2D eigenvalue weighted by Gasteiger charge is 1.94. The van der Waals surface area contributed by atoms with Crippen LogP contribution in [-0.2, 0) is 0 Å². The third-order valence-electron chi connectivity index (χ3n) is 2.69. The standard InChI is InChI=1S/C13H29N3.2C2H6/c1-3-5-7-9-11-15-12-13(16-14)10-8-6-4-2;2*1-2/h12,15-16H,3-11,14H2,1-2H3;2*1-2H3/b13-12-;;. The molecule has 20 heavy (non-hydrogen) atoms. The molecule has 0 saturated heterocycles. The molecule has 0 aliphatic rings. The Morgan fingerprint density at radius 3 is 1.90 bits per heavy atom. The van der Waals surface area contributed by atoms with E-state index in [1.165, 1.54) is 44.9 Å². The number of rotatable bonds is 11. The molecule has 0 spiro atoms. The lowest BCUT2D eigenvalue weighted by Gasteiger charge is -2.07. The minimum absolute atomic E-state index is 1.05. The van der Waals surface area contributed by atoms with Crippen molar-refractivity contribution in [2.75, 3.05) is 6.54 Å². The maximum absolute atomic E-state index is 5.46. The summed E-state index contributed by atoms with van der Waals surface area (Å²) in [5.41, 5.74) is 3.88. The molecule has 0 unspecified atom stereocenters. The molecule has 4 N–H and O–H groups in total. The molecule has 124 valence electrons. The van der Waals surface area contributed by atoms with Gasteiger partial charge in [-0.05, 0) is 19.3 Å². The monoisotopic (exact) mass is 287 g/mol. The fourth-order valence-electron chi connectivity index (χ4n) is 1.60. The van der Waals surface area contributed by atoms with Gasteiger partial charge in [-0.2, -0.15) is 0 Å². The molecule has 0 aliphatic heterocycles. The zero-order valence-electron chi connectivity index (χ0n) is 15.0. The smallest absolute Gasteiger partial charge is 0.0415 e. The molecule has 0 aliphatic carbocycles. The van der Waals surface area contributed by atoms with Gasteiger partial charge in [0, 0.05) is 18.4 Å². The molecule has 0 aromatic heterocycles. The van der Waals surface area contributed by atoms with Crippen molar-refractivity contribution in [3.8, 4) is 0 Å². The van der Waals surface area contributed by atoms with Gasteiger partial charge in [-0.3, -0.25) is 5.84 Å². The molecule has 0 radical (unpaired) electrons. The number of hydrogen-bond donors (Lipinski definition) is 3. The van der Waals surface area contributed by atoms with Crippen LogP contribution < -0.4 is 16.6 Å². The van der Waals surface area contributed by atoms with Crippen molar-refractivity contribution in [2.24, 2.45) is 5.84 Å². The van der Waals surface area contributed by atoms with Crippen LogP contribution in [0.3, 0.4) is 0 Å². The van der Waals surface area contributed by atoms with Gasteiger partial charge in [-0.25, -0.2) is 0 Å². The molecule has 0 atom stereocenters. The molecule has 0 saturated carbocycles. The summed E-state index contributed by atoms with van der Waals surface area (Å²) in [6.07, 6.45) is 12.0. The molecular weight excluding hydrogens is 246 g/mol. The van der Waals surface area contributed by atoms with E-state index in [1.54, 1.807) is 0 Å². The summed E-state index contributed by atoms with van der Waals surface area (Å²) in [6, 6.07) is 0. The van der Waals surface area contributed by atoms with Crippen molar-refractivity contribution in [1.29, 1.82) is 0 Å². The highest BCUT2D eigenvalue weighted by Crippen LogP contribution is 2.04. The summed E-state index contributed by atoms with van der Waals surface area (Å²) in [7, 11) is 0. The second-order valence-corrected chi connectivity index (χ2v) is 4.29. The SMILES string of the molecule is CC.CC.CCCCCCN/C=C(/CCCCC)NN. The van der Waals surface area contributed by atoms with E-state index in [4.69, 9.17) is 5.84 Å². The van der Waals surface area contributed by atoms with Gasteiger partial charge < -0.3 is 10.7 Å². The topological polar surface area (TPSA) is 50.1 Å². The van der Waals surface area contributed by atoms with Crippen LogP contribution in [0.5, 0.6) is 0 Å². The predicted molar refractivity (Wildman–Crippen MR) is 94.4 cm³/mol. The molecule has 0 fully saturated rings. The summed E-state index contributed by atoms with van der Waals surface area (Å²) in [4.78, 5) is 0. The van der Waals surface area contributed by atoms with E-state index in [-0.39, 0.29) is 0 Å². The van der Waals surface area contributed by atoms with Crippen molar-refractivity contribution >= 4 is 0 Å². The Morgan fingerprint density at radius 1 is 0.850 bits per heavy atom. The van der Waals surface area contributed by atoms with Crippen LogP contribution >= 0.6 is 0 Å². The highest BCUT2D eigenvalue weighted by molar-refractivity contribution is 4.96. The van der Waals surface area contributed by atoms with E-state index in [0.717, 1.165) is 18.7 Å². The summed E-state index contributed by atoms with van der Waals surface area (Å²) in [6.45, 7) is 13.5. The van der Waals surface area contributed by atoms with Crippen LogP contribution in [0.15, 0.2) is 11.9 Å². The largest absolute Gasteiger partial charge is 0.389 e. The fraction of sp³-hybridized carbons (Fsp3) is 0.882. The maximum atomic E-state index is 5.46. The van der Waals surface area contributed by atoms with Gasteiger partial charge in [-0.1, -0.05) is 73.6 Å². The van der Waals surface area contributed by atoms with Crippen molar-refractivity contribution in [3.05, 3.63) is 11.9 Å². The first kappa shape index (κ1) is 24.3. The summed E-state index contributed by atoms with van der Waals surface area (Å²) < 4.78 is 0. The first-order valence-corrected chi connectivity index (χ1v) is 8.74. The molecule has 3 nitrogen and oxygen atoms in total. The van der Waals surface area contributed by atoms with Crippen molar-refractivity contribution in [1.82, 2.24) is 10.7 Å². The highest BCUT2D eigenvalue weighted by atomic mass is 15.2. The second-order valence-electron chi connectivity index (χ2n) is 4.29. The van der Waals surface area contributed by atoms with Gasteiger partial charge in [0.2, 0.25) is 0 Å². The number of unbranched alkanes of at least 4 members (excludes halogenated alkanes) is 5. The lowest BCUT2D eigenvalue weighted by atomic mass is 10.2. The Balaban J connectivity index is -0.000000656. The van der Waals surface area contributed by atoms with Gasteiger partial charge >= 0.3 is 0 Å². The molecule has 0 aromatic carbocycles. The van der Waals surface area contributed by atoms with Gasteiger partial charge in [0.15, 0.2) is 0 Å². The van der Waals surface area contributed by atoms with E-state index < -0.39 is 0 Å². The van der Waals surface area contributed by atoms with E-state index in [9.17, 15) is 0 Å². The average Bonchev–Trinajstić information content (AvgIpc) is 2.53. The molecule has 3 heteroatoms. The zero-order chi connectivity index (χ0) is 16.1. The first-order chi connectivity index (χ1) is 9.85. The fourth-order valence-corrected chi connectivity index (χ4v) is 1.60. The molecule has 0 heterocycles. The van der Waals surface area contributed by atoms with E-state index in [2.05, 4.69) is 24.6 Å². The summed E-state index contributed by atoms with van der Waals surface area (Å²) in [5, 5.41) is 3.32. The van der Waals surface area contributed by atoms with Gasteiger partial charge in [0.1, 0.15) is 0 Å². The van der Waals surface area contributed by atoms with Gasteiger partial charge in [-0.15, -0.1) is 0 Å². The Bertz CT molecular complexity index is 168. The van der Waals surface area contributed by atoms with Crippen LogP contribution in [-0.4, -0.2) is 6.54 Å². The van der Waals surface area contributed by atoms with E-state index in [0.29, 0.717) is 0 Å². The third-order valence-corrected chi connectivity index (χ3v) is 2.69.